The quantitative estimate of drug-likeness (QED) is 0.764. The second kappa shape index (κ2) is 6.06. The van der Waals surface area contributed by atoms with E-state index < -0.39 is 10.0 Å². The number of hydrogen-bond donors (Lipinski definition) is 2. The fourth-order valence-electron chi connectivity index (χ4n) is 1.64. The second-order valence-corrected chi connectivity index (χ2v) is 5.89. The van der Waals surface area contributed by atoms with Gasteiger partial charge in [0.25, 0.3) is 10.0 Å². The third kappa shape index (κ3) is 3.36. The molecule has 110 valence electrons. The van der Waals surface area contributed by atoms with Crippen molar-refractivity contribution in [2.24, 2.45) is 0 Å². The molecule has 20 heavy (non-hydrogen) atoms. The molecule has 2 aromatic heterocycles. The number of nitrogens with zero attached hydrogens (tertiary/aromatic N) is 4. The molecule has 0 saturated carbocycles. The van der Waals surface area contributed by atoms with Crippen LogP contribution in [0.3, 0.4) is 0 Å². The lowest BCUT2D eigenvalue weighted by Gasteiger charge is -2.02. The standard InChI is InChI=1S/C11H17N5O3S/c1-2-15-8-10(6-12-15)14-20(18,19)11-7-13-16(9-11)4-3-5-17/h6-9,14,17H,2-5H2,1H3. The molecule has 0 aliphatic heterocycles. The molecule has 0 bridgehead atoms. The van der Waals surface area contributed by atoms with Gasteiger partial charge in [-0.2, -0.15) is 10.2 Å². The van der Waals surface area contributed by atoms with Gasteiger partial charge in [-0.1, -0.05) is 0 Å². The molecule has 8 nitrogen and oxygen atoms in total. The molecule has 0 unspecified atom stereocenters. The van der Waals surface area contributed by atoms with Crippen LogP contribution < -0.4 is 4.72 Å². The first kappa shape index (κ1) is 14.5. The summed E-state index contributed by atoms with van der Waals surface area (Å²) >= 11 is 0. The van der Waals surface area contributed by atoms with Gasteiger partial charge in [0, 0.05) is 32.1 Å². The van der Waals surface area contributed by atoms with Gasteiger partial charge in [-0.15, -0.1) is 0 Å². The molecule has 0 atom stereocenters. The maximum absolute atomic E-state index is 12.1. The first-order valence-electron chi connectivity index (χ1n) is 6.23. The first-order chi connectivity index (χ1) is 9.55. The molecule has 0 aliphatic rings. The third-order valence-corrected chi connectivity index (χ3v) is 4.01. The first-order valence-corrected chi connectivity index (χ1v) is 7.72. The molecule has 0 amide bonds. The lowest BCUT2D eigenvalue weighted by molar-refractivity contribution is 0.277. The van der Waals surface area contributed by atoms with Gasteiger partial charge in [-0.3, -0.25) is 14.1 Å². The number of aliphatic hydroxyl groups excluding tert-OH is 1. The molecule has 0 aromatic carbocycles. The van der Waals surface area contributed by atoms with Crippen LogP contribution in [0.2, 0.25) is 0 Å². The van der Waals surface area contributed by atoms with Gasteiger partial charge in [0.05, 0.1) is 18.1 Å². The molecule has 2 heterocycles. The summed E-state index contributed by atoms with van der Waals surface area (Å²) in [5.74, 6) is 0. The van der Waals surface area contributed by atoms with Crippen LogP contribution >= 0.6 is 0 Å². The summed E-state index contributed by atoms with van der Waals surface area (Å²) < 4.78 is 29.8. The van der Waals surface area contributed by atoms with Crippen LogP contribution in [0, 0.1) is 0 Å². The number of aliphatic hydroxyl groups is 1. The number of nitrogens with one attached hydrogen (secondary N) is 1. The highest BCUT2D eigenvalue weighted by Gasteiger charge is 2.17. The van der Waals surface area contributed by atoms with E-state index in [1.165, 1.54) is 23.3 Å². The molecule has 9 heteroatoms. The minimum absolute atomic E-state index is 0.0381. The molecule has 0 radical (unpaired) electrons. The summed E-state index contributed by atoms with van der Waals surface area (Å²) in [6.45, 7) is 3.09. The molecular weight excluding hydrogens is 282 g/mol. The lowest BCUT2D eigenvalue weighted by atomic mass is 10.5. The van der Waals surface area contributed by atoms with Gasteiger partial charge in [-0.05, 0) is 13.3 Å². The molecule has 2 rings (SSSR count). The number of sulfonamides is 1. The highest BCUT2D eigenvalue weighted by atomic mass is 32.2. The van der Waals surface area contributed by atoms with Crippen LogP contribution in [0.15, 0.2) is 29.7 Å². The summed E-state index contributed by atoms with van der Waals surface area (Å²) in [7, 11) is -3.66. The van der Waals surface area contributed by atoms with E-state index in [-0.39, 0.29) is 11.5 Å². The second-order valence-electron chi connectivity index (χ2n) is 4.21. The topological polar surface area (TPSA) is 102 Å². The monoisotopic (exact) mass is 299 g/mol. The molecule has 0 saturated heterocycles. The summed E-state index contributed by atoms with van der Waals surface area (Å²) in [4.78, 5) is 0.0830. The van der Waals surface area contributed by atoms with Crippen molar-refractivity contribution in [2.75, 3.05) is 11.3 Å². The van der Waals surface area contributed by atoms with E-state index in [4.69, 9.17) is 5.11 Å². The van der Waals surface area contributed by atoms with Crippen molar-refractivity contribution >= 4 is 15.7 Å². The maximum Gasteiger partial charge on any atom is 0.265 e. The van der Waals surface area contributed by atoms with Gasteiger partial charge in [0.15, 0.2) is 0 Å². The Morgan fingerprint density at radius 2 is 2.00 bits per heavy atom. The van der Waals surface area contributed by atoms with Crippen LogP contribution in [-0.4, -0.2) is 39.7 Å². The fourth-order valence-corrected chi connectivity index (χ4v) is 2.62. The van der Waals surface area contributed by atoms with Crippen LogP contribution in [-0.2, 0) is 23.1 Å². The summed E-state index contributed by atoms with van der Waals surface area (Å²) in [6.07, 6.45) is 6.31. The Bertz CT molecular complexity index is 661. The molecule has 0 aliphatic carbocycles. The van der Waals surface area contributed by atoms with Crippen LogP contribution in [0.5, 0.6) is 0 Å². The van der Waals surface area contributed by atoms with Gasteiger partial charge < -0.3 is 5.11 Å². The number of hydrogen-bond acceptors (Lipinski definition) is 5. The van der Waals surface area contributed by atoms with Gasteiger partial charge in [0.2, 0.25) is 0 Å². The van der Waals surface area contributed by atoms with Crippen molar-refractivity contribution in [3.8, 4) is 0 Å². The zero-order chi connectivity index (χ0) is 14.6. The van der Waals surface area contributed by atoms with E-state index >= 15 is 0 Å². The number of rotatable bonds is 7. The fraction of sp³-hybridized carbons (Fsp3) is 0.455. The van der Waals surface area contributed by atoms with E-state index in [0.717, 1.165) is 0 Å². The maximum atomic E-state index is 12.1. The van der Waals surface area contributed by atoms with Crippen molar-refractivity contribution in [3.63, 3.8) is 0 Å². The highest BCUT2D eigenvalue weighted by molar-refractivity contribution is 7.92. The van der Waals surface area contributed by atoms with E-state index in [0.29, 0.717) is 25.2 Å². The van der Waals surface area contributed by atoms with Crippen molar-refractivity contribution in [2.45, 2.75) is 31.3 Å². The Morgan fingerprint density at radius 1 is 1.25 bits per heavy atom. The van der Waals surface area contributed by atoms with Crippen LogP contribution in [0.1, 0.15) is 13.3 Å². The average Bonchev–Trinajstić information content (AvgIpc) is 3.04. The third-order valence-electron chi connectivity index (χ3n) is 2.67. The minimum atomic E-state index is -3.66. The molecule has 2 aromatic rings. The average molecular weight is 299 g/mol. The van der Waals surface area contributed by atoms with E-state index in [2.05, 4.69) is 14.9 Å². The normalized spacial score (nSPS) is 11.7. The highest BCUT2D eigenvalue weighted by Crippen LogP contribution is 2.14. The smallest absolute Gasteiger partial charge is 0.265 e. The van der Waals surface area contributed by atoms with Gasteiger partial charge >= 0.3 is 0 Å². The van der Waals surface area contributed by atoms with Gasteiger partial charge in [0.1, 0.15) is 4.90 Å². The van der Waals surface area contributed by atoms with E-state index in [1.807, 2.05) is 6.92 Å². The molecule has 2 N–H and O–H groups in total. The summed E-state index contributed by atoms with van der Waals surface area (Å²) in [5.41, 5.74) is 0.412. The Hall–Kier alpha value is -1.87. The van der Waals surface area contributed by atoms with E-state index in [1.54, 1.807) is 10.9 Å². The SMILES string of the molecule is CCn1cc(NS(=O)(=O)c2cnn(CCCO)c2)cn1. The zero-order valence-corrected chi connectivity index (χ0v) is 11.9. The number of aromatic nitrogens is 4. The Labute approximate surface area is 117 Å². The summed E-state index contributed by atoms with van der Waals surface area (Å²) in [5, 5.41) is 16.7. The number of anilines is 1. The van der Waals surface area contributed by atoms with E-state index in [9.17, 15) is 8.42 Å². The number of aryl methyl sites for hydroxylation is 2. The molecule has 0 spiro atoms. The predicted octanol–water partition coefficient (Wildman–Crippen LogP) is 0.283. The Balaban J connectivity index is 2.11. The largest absolute Gasteiger partial charge is 0.396 e. The Morgan fingerprint density at radius 3 is 2.65 bits per heavy atom. The van der Waals surface area contributed by atoms with Crippen molar-refractivity contribution in [1.29, 1.82) is 0 Å². The minimum Gasteiger partial charge on any atom is -0.396 e. The van der Waals surface area contributed by atoms with Crippen molar-refractivity contribution in [1.82, 2.24) is 19.6 Å². The molecular formula is C11H17N5O3S. The van der Waals surface area contributed by atoms with Gasteiger partial charge in [-0.25, -0.2) is 8.42 Å². The zero-order valence-electron chi connectivity index (χ0n) is 11.1. The van der Waals surface area contributed by atoms with Crippen molar-refractivity contribution < 1.29 is 13.5 Å². The lowest BCUT2D eigenvalue weighted by Crippen LogP contribution is -2.12. The summed E-state index contributed by atoms with van der Waals surface area (Å²) in [6, 6.07) is 0. The van der Waals surface area contributed by atoms with Crippen molar-refractivity contribution in [3.05, 3.63) is 24.8 Å². The molecule has 0 fully saturated rings. The Kier molecular flexibility index (Phi) is 4.40. The van der Waals surface area contributed by atoms with Crippen LogP contribution in [0.25, 0.3) is 0 Å². The van der Waals surface area contributed by atoms with Crippen LogP contribution in [0.4, 0.5) is 5.69 Å². The predicted molar refractivity (Wildman–Crippen MR) is 72.6 cm³/mol.